The van der Waals surface area contributed by atoms with Crippen LogP contribution in [0.5, 0.6) is 0 Å². The molecule has 0 aliphatic heterocycles. The minimum absolute atomic E-state index is 0.991. The van der Waals surface area contributed by atoms with Gasteiger partial charge in [0.1, 0.15) is 0 Å². The summed E-state index contributed by atoms with van der Waals surface area (Å²) in [6.07, 6.45) is 27.6. The first-order valence-corrected chi connectivity index (χ1v) is 8.37. The summed E-state index contributed by atoms with van der Waals surface area (Å²) in [7, 11) is 0. The first-order chi connectivity index (χ1) is 12.4. The van der Waals surface area contributed by atoms with Gasteiger partial charge in [0.05, 0.1) is 24.8 Å². The summed E-state index contributed by atoms with van der Waals surface area (Å²) in [6.45, 7) is 0. The lowest BCUT2D eigenvalue weighted by Gasteiger charge is -1.98. The fraction of sp³-hybridized carbons (Fsp3) is 0.263. The van der Waals surface area contributed by atoms with Crippen molar-refractivity contribution in [2.24, 2.45) is 11.8 Å². The standard InChI is InChI=1S/C10H8N2.C7H10.C2H2N4/c1-2-4-6-10-8-12-11-7-9(10)5-3-1;1-2-7-4-3-6(1)5-7;1-2-4-6-5-3-1/h1-8H;1-2,6-7H,3-5H2;1-2H. The molecule has 25 heavy (non-hydrogen) atoms. The Morgan fingerprint density at radius 3 is 1.48 bits per heavy atom. The molecular formula is C19H20N6. The van der Waals surface area contributed by atoms with Crippen molar-refractivity contribution in [3.63, 3.8) is 0 Å². The maximum atomic E-state index is 3.81. The molecule has 1 saturated carbocycles. The van der Waals surface area contributed by atoms with Crippen LogP contribution in [-0.4, -0.2) is 30.8 Å². The van der Waals surface area contributed by atoms with Gasteiger partial charge < -0.3 is 0 Å². The average Bonchev–Trinajstić information content (AvgIpc) is 3.31. The van der Waals surface area contributed by atoms with Gasteiger partial charge in [0.25, 0.3) is 0 Å². The zero-order valence-electron chi connectivity index (χ0n) is 13.9. The van der Waals surface area contributed by atoms with Gasteiger partial charge in [-0.2, -0.15) is 10.2 Å². The van der Waals surface area contributed by atoms with Crippen LogP contribution < -0.4 is 0 Å². The smallest absolute Gasteiger partial charge is 0.0716 e. The van der Waals surface area contributed by atoms with E-state index < -0.39 is 0 Å². The van der Waals surface area contributed by atoms with Crippen LogP contribution in [-0.2, 0) is 0 Å². The molecule has 126 valence electrons. The predicted molar refractivity (Wildman–Crippen MR) is 96.8 cm³/mol. The summed E-state index contributed by atoms with van der Waals surface area (Å²) in [5.74, 6) is 1.98. The zero-order valence-corrected chi connectivity index (χ0v) is 13.9. The van der Waals surface area contributed by atoms with Gasteiger partial charge in [-0.15, -0.1) is 10.2 Å². The van der Waals surface area contributed by atoms with Gasteiger partial charge in [-0.25, -0.2) is 0 Å². The number of hydrogen-bond acceptors (Lipinski definition) is 6. The second-order valence-electron chi connectivity index (χ2n) is 5.93. The molecule has 2 aromatic heterocycles. The van der Waals surface area contributed by atoms with Crippen LogP contribution in [0, 0.1) is 11.8 Å². The number of fused-ring (bicyclic) bond motifs is 3. The Hall–Kier alpha value is -3.02. The van der Waals surface area contributed by atoms with Crippen molar-refractivity contribution in [3.05, 3.63) is 72.4 Å². The van der Waals surface area contributed by atoms with Gasteiger partial charge >= 0.3 is 0 Å². The van der Waals surface area contributed by atoms with Crippen molar-refractivity contribution in [1.29, 1.82) is 0 Å². The van der Waals surface area contributed by atoms with Crippen LogP contribution in [0.4, 0.5) is 0 Å². The van der Waals surface area contributed by atoms with Gasteiger partial charge in [0.15, 0.2) is 0 Å². The highest BCUT2D eigenvalue weighted by atomic mass is 15.4. The molecule has 3 aliphatic carbocycles. The Labute approximate surface area is 147 Å². The number of rotatable bonds is 0. The molecule has 5 rings (SSSR count). The molecule has 0 radical (unpaired) electrons. The molecule has 0 amide bonds. The molecular weight excluding hydrogens is 312 g/mol. The molecule has 6 heteroatoms. The third-order valence-corrected chi connectivity index (χ3v) is 4.19. The summed E-state index contributed by atoms with van der Waals surface area (Å²) in [4.78, 5) is 0. The minimum Gasteiger partial charge on any atom is -0.158 e. The van der Waals surface area contributed by atoms with Crippen molar-refractivity contribution in [3.8, 4) is 0 Å². The van der Waals surface area contributed by atoms with Crippen LogP contribution in [0.15, 0.2) is 61.2 Å². The summed E-state index contributed by atoms with van der Waals surface area (Å²) in [6, 6.07) is 0. The molecule has 3 aliphatic rings. The van der Waals surface area contributed by atoms with E-state index >= 15 is 0 Å². The fourth-order valence-electron chi connectivity index (χ4n) is 2.95. The molecule has 0 N–H and O–H groups in total. The SMILES string of the molecule is C1=CC2CCC1C2.C1=CC=Cc2cnncc2C=C1.c1cnnnn1. The Kier molecular flexibility index (Phi) is 6.27. The van der Waals surface area contributed by atoms with Crippen LogP contribution in [0.25, 0.3) is 12.2 Å². The molecule has 1 fully saturated rings. The van der Waals surface area contributed by atoms with E-state index in [1.165, 1.54) is 31.7 Å². The van der Waals surface area contributed by atoms with Crippen LogP contribution >= 0.6 is 0 Å². The zero-order chi connectivity index (χ0) is 17.2. The van der Waals surface area contributed by atoms with Crippen molar-refractivity contribution >= 4 is 12.2 Å². The average molecular weight is 332 g/mol. The van der Waals surface area contributed by atoms with E-state index in [4.69, 9.17) is 0 Å². The lowest BCUT2D eigenvalue weighted by molar-refractivity contribution is 0.691. The first-order valence-electron chi connectivity index (χ1n) is 8.37. The lowest BCUT2D eigenvalue weighted by atomic mass is 10.1. The van der Waals surface area contributed by atoms with Crippen molar-refractivity contribution in [2.45, 2.75) is 19.3 Å². The number of hydrogen-bond donors (Lipinski definition) is 0. The third-order valence-electron chi connectivity index (χ3n) is 4.19. The van der Waals surface area contributed by atoms with E-state index in [0.29, 0.717) is 0 Å². The van der Waals surface area contributed by atoms with E-state index in [1.807, 2.05) is 36.5 Å². The molecule has 2 aromatic rings. The Morgan fingerprint density at radius 1 is 0.640 bits per heavy atom. The second-order valence-corrected chi connectivity index (χ2v) is 5.93. The van der Waals surface area contributed by atoms with Crippen molar-refractivity contribution in [2.75, 3.05) is 0 Å². The molecule has 0 saturated heterocycles. The Bertz CT molecular complexity index is 693. The first kappa shape index (κ1) is 16.8. The van der Waals surface area contributed by atoms with E-state index in [9.17, 15) is 0 Å². The molecule has 0 spiro atoms. The van der Waals surface area contributed by atoms with E-state index in [0.717, 1.165) is 23.0 Å². The molecule has 2 atom stereocenters. The van der Waals surface area contributed by atoms with E-state index in [-0.39, 0.29) is 0 Å². The molecule has 2 heterocycles. The number of aromatic nitrogens is 6. The van der Waals surface area contributed by atoms with E-state index in [2.05, 4.69) is 43.0 Å². The van der Waals surface area contributed by atoms with Gasteiger partial charge in [0.2, 0.25) is 0 Å². The Balaban J connectivity index is 0.000000119. The van der Waals surface area contributed by atoms with E-state index in [1.54, 1.807) is 12.4 Å². The molecule has 6 nitrogen and oxygen atoms in total. The summed E-state index contributed by atoms with van der Waals surface area (Å²) in [5, 5.41) is 20.7. The fourth-order valence-corrected chi connectivity index (χ4v) is 2.95. The summed E-state index contributed by atoms with van der Waals surface area (Å²) < 4.78 is 0. The van der Waals surface area contributed by atoms with Gasteiger partial charge in [-0.1, -0.05) is 48.6 Å². The quantitative estimate of drug-likeness (QED) is 0.689. The number of allylic oxidation sites excluding steroid dienone is 6. The third kappa shape index (κ3) is 5.53. The minimum atomic E-state index is 0.991. The van der Waals surface area contributed by atoms with Crippen LogP contribution in [0.3, 0.4) is 0 Å². The summed E-state index contributed by atoms with van der Waals surface area (Å²) >= 11 is 0. The highest BCUT2D eigenvalue weighted by molar-refractivity contribution is 5.66. The summed E-state index contributed by atoms with van der Waals surface area (Å²) in [5.41, 5.74) is 2.20. The van der Waals surface area contributed by atoms with Crippen molar-refractivity contribution < 1.29 is 0 Å². The molecule has 2 bridgehead atoms. The van der Waals surface area contributed by atoms with Crippen LogP contribution in [0.1, 0.15) is 30.4 Å². The highest BCUT2D eigenvalue weighted by Gasteiger charge is 2.25. The Morgan fingerprint density at radius 2 is 1.16 bits per heavy atom. The van der Waals surface area contributed by atoms with Crippen LogP contribution in [0.2, 0.25) is 0 Å². The lowest BCUT2D eigenvalue weighted by Crippen LogP contribution is -1.86. The monoisotopic (exact) mass is 332 g/mol. The second kappa shape index (κ2) is 9.32. The highest BCUT2D eigenvalue weighted by Crippen LogP contribution is 2.38. The maximum absolute atomic E-state index is 3.81. The molecule has 2 unspecified atom stereocenters. The van der Waals surface area contributed by atoms with Gasteiger partial charge in [-0.3, -0.25) is 0 Å². The normalized spacial score (nSPS) is 21.3. The maximum Gasteiger partial charge on any atom is 0.0716 e. The predicted octanol–water partition coefficient (Wildman–Crippen LogP) is 3.31. The topological polar surface area (TPSA) is 77.3 Å². The number of nitrogens with zero attached hydrogens (tertiary/aromatic N) is 6. The molecule has 0 aromatic carbocycles. The van der Waals surface area contributed by atoms with Gasteiger partial charge in [-0.05, 0) is 41.5 Å². The van der Waals surface area contributed by atoms with Gasteiger partial charge in [0, 0.05) is 11.1 Å². The van der Waals surface area contributed by atoms with Crippen molar-refractivity contribution in [1.82, 2.24) is 30.8 Å². The largest absolute Gasteiger partial charge is 0.158 e.